The first-order valence-corrected chi connectivity index (χ1v) is 10.3. The standard InChI is InChI=1S/C18H22N4O5S/c1-2-12-28(26,27)21-15-7-5-6-14(13-15)18(23)20-11-10-19-16-8-3-4-9-17(16)22(24)25/h3-9,13,19,21H,2,10-12H2,1H3,(H,20,23). The zero-order valence-electron chi connectivity index (χ0n) is 15.3. The molecule has 2 aromatic rings. The number of anilines is 2. The lowest BCUT2D eigenvalue weighted by Gasteiger charge is -2.10. The minimum atomic E-state index is -3.44. The summed E-state index contributed by atoms with van der Waals surface area (Å²) in [5.41, 5.74) is 0.955. The van der Waals surface area contributed by atoms with Crippen molar-refractivity contribution < 1.29 is 18.1 Å². The maximum Gasteiger partial charge on any atom is 0.292 e. The van der Waals surface area contributed by atoms with Crippen molar-refractivity contribution in [3.63, 3.8) is 0 Å². The Bertz CT molecular complexity index is 946. The minimum absolute atomic E-state index is 0.000711. The van der Waals surface area contributed by atoms with E-state index < -0.39 is 14.9 Å². The topological polar surface area (TPSA) is 130 Å². The number of para-hydroxylation sites is 2. The molecule has 28 heavy (non-hydrogen) atoms. The van der Waals surface area contributed by atoms with Crippen LogP contribution in [-0.4, -0.2) is 38.1 Å². The molecule has 0 radical (unpaired) electrons. The first kappa shape index (κ1) is 21.2. The average molecular weight is 406 g/mol. The van der Waals surface area contributed by atoms with E-state index in [1.54, 1.807) is 43.3 Å². The van der Waals surface area contributed by atoms with E-state index in [9.17, 15) is 23.3 Å². The zero-order chi connectivity index (χ0) is 20.6. The third kappa shape index (κ3) is 6.23. The fourth-order valence-corrected chi connectivity index (χ4v) is 3.61. The Kier molecular flexibility index (Phi) is 7.33. The van der Waals surface area contributed by atoms with E-state index in [0.29, 0.717) is 29.9 Å². The van der Waals surface area contributed by atoms with Crippen LogP contribution in [0, 0.1) is 10.1 Å². The quantitative estimate of drug-likeness (QED) is 0.316. The summed E-state index contributed by atoms with van der Waals surface area (Å²) in [4.78, 5) is 22.7. The van der Waals surface area contributed by atoms with Gasteiger partial charge in [-0.2, -0.15) is 0 Å². The smallest absolute Gasteiger partial charge is 0.292 e. The summed E-state index contributed by atoms with van der Waals surface area (Å²) in [6.07, 6.45) is 0.488. The molecule has 0 heterocycles. The van der Waals surface area contributed by atoms with Crippen molar-refractivity contribution in [2.75, 3.05) is 28.9 Å². The normalized spacial score (nSPS) is 10.9. The first-order chi connectivity index (χ1) is 13.3. The molecule has 1 amide bonds. The number of nitro benzene ring substituents is 1. The lowest BCUT2D eigenvalue weighted by atomic mass is 10.2. The SMILES string of the molecule is CCCS(=O)(=O)Nc1cccc(C(=O)NCCNc2ccccc2[N+](=O)[O-])c1. The predicted octanol–water partition coefficient (Wildman–Crippen LogP) is 2.59. The summed E-state index contributed by atoms with van der Waals surface area (Å²) in [6, 6.07) is 12.4. The molecule has 0 aliphatic heterocycles. The fourth-order valence-electron chi connectivity index (χ4n) is 2.48. The molecule has 0 spiro atoms. The Labute approximate surface area is 163 Å². The summed E-state index contributed by atoms with van der Waals surface area (Å²) in [5.74, 6) is -0.373. The van der Waals surface area contributed by atoms with Crippen LogP contribution in [-0.2, 0) is 10.0 Å². The van der Waals surface area contributed by atoms with Crippen molar-refractivity contribution in [3.05, 3.63) is 64.2 Å². The Morgan fingerprint density at radius 2 is 1.86 bits per heavy atom. The summed E-state index contributed by atoms with van der Waals surface area (Å²) in [5, 5.41) is 16.6. The lowest BCUT2D eigenvalue weighted by molar-refractivity contribution is -0.384. The maximum absolute atomic E-state index is 12.3. The molecule has 0 atom stereocenters. The molecular formula is C18H22N4O5S. The van der Waals surface area contributed by atoms with E-state index in [4.69, 9.17) is 0 Å². The fraction of sp³-hybridized carbons (Fsp3) is 0.278. The molecule has 0 saturated heterocycles. The van der Waals surface area contributed by atoms with Crippen LogP contribution in [0.4, 0.5) is 17.1 Å². The third-order valence-corrected chi connectivity index (χ3v) is 5.19. The van der Waals surface area contributed by atoms with Gasteiger partial charge in [0.05, 0.1) is 10.7 Å². The number of carbonyl (C=O) groups is 1. The highest BCUT2D eigenvalue weighted by Gasteiger charge is 2.13. The van der Waals surface area contributed by atoms with Crippen molar-refractivity contribution in [3.8, 4) is 0 Å². The van der Waals surface area contributed by atoms with Crippen LogP contribution in [0.1, 0.15) is 23.7 Å². The molecule has 2 rings (SSSR count). The molecule has 3 N–H and O–H groups in total. The zero-order valence-corrected chi connectivity index (χ0v) is 16.2. The number of sulfonamides is 1. The number of carbonyl (C=O) groups excluding carboxylic acids is 1. The Hall–Kier alpha value is -3.14. The highest BCUT2D eigenvalue weighted by atomic mass is 32.2. The van der Waals surface area contributed by atoms with Gasteiger partial charge in [0.2, 0.25) is 10.0 Å². The van der Waals surface area contributed by atoms with E-state index in [1.165, 1.54) is 12.1 Å². The monoisotopic (exact) mass is 406 g/mol. The summed E-state index contributed by atoms with van der Waals surface area (Å²) in [6.45, 7) is 2.29. The Morgan fingerprint density at radius 3 is 2.57 bits per heavy atom. The predicted molar refractivity (Wildman–Crippen MR) is 108 cm³/mol. The number of benzene rings is 2. The van der Waals surface area contributed by atoms with Crippen molar-refractivity contribution >= 4 is 33.0 Å². The average Bonchev–Trinajstić information content (AvgIpc) is 2.65. The number of rotatable bonds is 10. The summed E-state index contributed by atoms with van der Waals surface area (Å²) >= 11 is 0. The van der Waals surface area contributed by atoms with Gasteiger partial charge in [-0.15, -0.1) is 0 Å². The third-order valence-electron chi connectivity index (χ3n) is 3.70. The molecule has 10 heteroatoms. The summed E-state index contributed by atoms with van der Waals surface area (Å²) in [7, 11) is -3.44. The Balaban J connectivity index is 1.90. The number of nitro groups is 1. The molecule has 0 aromatic heterocycles. The van der Waals surface area contributed by atoms with Gasteiger partial charge in [-0.1, -0.05) is 25.1 Å². The van der Waals surface area contributed by atoms with E-state index >= 15 is 0 Å². The van der Waals surface area contributed by atoms with Gasteiger partial charge < -0.3 is 10.6 Å². The van der Waals surface area contributed by atoms with Crippen LogP contribution >= 0.6 is 0 Å². The van der Waals surface area contributed by atoms with Crippen LogP contribution in [0.3, 0.4) is 0 Å². The molecule has 0 aliphatic rings. The number of amides is 1. The molecule has 150 valence electrons. The number of hydrogen-bond donors (Lipinski definition) is 3. The van der Waals surface area contributed by atoms with Crippen LogP contribution in [0.2, 0.25) is 0 Å². The molecular weight excluding hydrogens is 384 g/mol. The minimum Gasteiger partial charge on any atom is -0.378 e. The van der Waals surface area contributed by atoms with E-state index in [2.05, 4.69) is 15.4 Å². The van der Waals surface area contributed by atoms with Gasteiger partial charge in [0.1, 0.15) is 5.69 Å². The number of hydrogen-bond acceptors (Lipinski definition) is 6. The largest absolute Gasteiger partial charge is 0.378 e. The summed E-state index contributed by atoms with van der Waals surface area (Å²) < 4.78 is 26.1. The number of nitrogens with one attached hydrogen (secondary N) is 3. The highest BCUT2D eigenvalue weighted by molar-refractivity contribution is 7.92. The van der Waals surface area contributed by atoms with Crippen molar-refractivity contribution in [1.29, 1.82) is 0 Å². The van der Waals surface area contributed by atoms with Crippen LogP contribution in [0.15, 0.2) is 48.5 Å². The van der Waals surface area contributed by atoms with Gasteiger partial charge >= 0.3 is 0 Å². The van der Waals surface area contributed by atoms with E-state index in [0.717, 1.165) is 0 Å². The van der Waals surface area contributed by atoms with Crippen molar-refractivity contribution in [2.24, 2.45) is 0 Å². The Morgan fingerprint density at radius 1 is 1.11 bits per heavy atom. The lowest BCUT2D eigenvalue weighted by Crippen LogP contribution is -2.29. The number of nitrogens with zero attached hydrogens (tertiary/aromatic N) is 1. The van der Waals surface area contributed by atoms with Crippen LogP contribution < -0.4 is 15.4 Å². The van der Waals surface area contributed by atoms with Gasteiger partial charge in [-0.3, -0.25) is 19.6 Å². The van der Waals surface area contributed by atoms with Crippen molar-refractivity contribution in [1.82, 2.24) is 5.32 Å². The van der Waals surface area contributed by atoms with Crippen molar-refractivity contribution in [2.45, 2.75) is 13.3 Å². The van der Waals surface area contributed by atoms with Gasteiger partial charge in [0.15, 0.2) is 0 Å². The van der Waals surface area contributed by atoms with Gasteiger partial charge in [0, 0.05) is 30.4 Å². The highest BCUT2D eigenvalue weighted by Crippen LogP contribution is 2.22. The second kappa shape index (κ2) is 9.70. The molecule has 0 bridgehead atoms. The van der Waals surface area contributed by atoms with E-state index in [-0.39, 0.29) is 23.9 Å². The van der Waals surface area contributed by atoms with Gasteiger partial charge in [0.25, 0.3) is 11.6 Å². The molecule has 2 aromatic carbocycles. The van der Waals surface area contributed by atoms with Gasteiger partial charge in [-0.05, 0) is 30.7 Å². The molecule has 0 unspecified atom stereocenters. The molecule has 0 fully saturated rings. The molecule has 0 saturated carbocycles. The molecule has 0 aliphatic carbocycles. The second-order valence-corrected chi connectivity index (χ2v) is 7.80. The van der Waals surface area contributed by atoms with Crippen LogP contribution in [0.5, 0.6) is 0 Å². The van der Waals surface area contributed by atoms with E-state index in [1.807, 2.05) is 0 Å². The first-order valence-electron chi connectivity index (χ1n) is 8.68. The maximum atomic E-state index is 12.3. The second-order valence-electron chi connectivity index (χ2n) is 5.96. The van der Waals surface area contributed by atoms with Crippen LogP contribution in [0.25, 0.3) is 0 Å². The van der Waals surface area contributed by atoms with Gasteiger partial charge in [-0.25, -0.2) is 8.42 Å². The molecule has 9 nitrogen and oxygen atoms in total.